The fourth-order valence-corrected chi connectivity index (χ4v) is 1.81. The lowest BCUT2D eigenvalue weighted by molar-refractivity contribution is -0.134. The van der Waals surface area contributed by atoms with E-state index in [4.69, 9.17) is 9.90 Å². The second kappa shape index (κ2) is 9.42. The Hall–Kier alpha value is -0.610. The lowest BCUT2D eigenvalue weighted by Crippen LogP contribution is -2.41. The van der Waals surface area contributed by atoms with Gasteiger partial charge < -0.3 is 15.3 Å². The summed E-state index contributed by atoms with van der Waals surface area (Å²) in [6, 6.07) is 0. The molecule has 0 aromatic rings. The van der Waals surface area contributed by atoms with E-state index in [0.29, 0.717) is 0 Å². The molecule has 0 saturated carbocycles. The van der Waals surface area contributed by atoms with Crippen molar-refractivity contribution in [3.05, 3.63) is 0 Å². The van der Waals surface area contributed by atoms with Gasteiger partial charge in [-0.25, -0.2) is 0 Å². The van der Waals surface area contributed by atoms with Gasteiger partial charge in [-0.2, -0.15) is 0 Å². The Morgan fingerprint density at radius 1 is 1.24 bits per heavy atom. The third-order valence-corrected chi connectivity index (χ3v) is 3.53. The number of rotatable bonds is 6. The molecule has 104 valence electrons. The number of hydrogen-bond acceptors (Lipinski definition) is 3. The van der Waals surface area contributed by atoms with Gasteiger partial charge in [0.1, 0.15) is 0 Å². The summed E-state index contributed by atoms with van der Waals surface area (Å²) in [6.45, 7) is 9.35. The van der Waals surface area contributed by atoms with E-state index < -0.39 is 5.97 Å². The number of carbonyl (C=O) groups is 1. The number of aliphatic carboxylic acids is 1. The smallest absolute Gasteiger partial charge is 0.300 e. The van der Waals surface area contributed by atoms with E-state index in [-0.39, 0.29) is 24.0 Å². The molecule has 0 fully saturated rings. The van der Waals surface area contributed by atoms with Crippen LogP contribution in [0.5, 0.6) is 0 Å². The summed E-state index contributed by atoms with van der Waals surface area (Å²) in [7, 11) is 0. The lowest BCUT2D eigenvalue weighted by atomic mass is 9.73. The summed E-state index contributed by atoms with van der Waals surface area (Å²) in [5.41, 5.74) is -0.282. The van der Waals surface area contributed by atoms with E-state index in [1.807, 2.05) is 20.8 Å². The van der Waals surface area contributed by atoms with Crippen molar-refractivity contribution >= 4 is 5.97 Å². The molecule has 0 saturated heterocycles. The highest BCUT2D eigenvalue weighted by molar-refractivity contribution is 5.62. The molecule has 4 nitrogen and oxygen atoms in total. The van der Waals surface area contributed by atoms with Crippen LogP contribution in [0, 0.1) is 11.3 Å². The molecule has 0 aromatic carbocycles. The maximum atomic E-state index is 10.1. The fourth-order valence-electron chi connectivity index (χ4n) is 1.81. The van der Waals surface area contributed by atoms with Crippen molar-refractivity contribution in [1.29, 1.82) is 0 Å². The maximum absolute atomic E-state index is 10.1. The van der Waals surface area contributed by atoms with E-state index in [2.05, 4.69) is 6.92 Å². The number of carboxylic acid groups (broad SMARTS) is 1. The zero-order valence-corrected chi connectivity index (χ0v) is 11.7. The second-order valence-electron chi connectivity index (χ2n) is 4.58. The van der Waals surface area contributed by atoms with Gasteiger partial charge in [-0.3, -0.25) is 4.79 Å². The summed E-state index contributed by atoms with van der Waals surface area (Å²) in [5, 5.41) is 26.8. The highest BCUT2D eigenvalue weighted by atomic mass is 16.4. The van der Waals surface area contributed by atoms with Crippen molar-refractivity contribution in [2.75, 3.05) is 6.61 Å². The van der Waals surface area contributed by atoms with Gasteiger partial charge in [0.25, 0.3) is 5.97 Å². The average Bonchev–Trinajstić information content (AvgIpc) is 2.30. The largest absolute Gasteiger partial charge is 0.481 e. The molecule has 3 N–H and O–H groups in total. The molecule has 2 atom stereocenters. The SMILES string of the molecule is CC(=O)O.CCC(C)C(O)C(CC)(CC)CO. The van der Waals surface area contributed by atoms with E-state index in [1.54, 1.807) is 0 Å². The van der Waals surface area contributed by atoms with Gasteiger partial charge in [-0.15, -0.1) is 0 Å². The molecule has 0 aromatic heterocycles. The first-order chi connectivity index (χ1) is 7.81. The van der Waals surface area contributed by atoms with Crippen LogP contribution in [0.1, 0.15) is 53.9 Å². The van der Waals surface area contributed by atoms with Gasteiger partial charge in [0.2, 0.25) is 0 Å². The van der Waals surface area contributed by atoms with Crippen LogP contribution in [0.3, 0.4) is 0 Å². The minimum absolute atomic E-state index is 0.0888. The van der Waals surface area contributed by atoms with Crippen LogP contribution in [0.4, 0.5) is 0 Å². The Morgan fingerprint density at radius 3 is 1.76 bits per heavy atom. The summed E-state index contributed by atoms with van der Waals surface area (Å²) in [6.07, 6.45) is 2.26. The number of aliphatic hydroxyl groups excluding tert-OH is 2. The normalized spacial score (nSPS) is 14.5. The summed E-state index contributed by atoms with van der Waals surface area (Å²) in [4.78, 5) is 9.00. The molecular formula is C13H28O4. The molecular weight excluding hydrogens is 220 g/mol. The van der Waals surface area contributed by atoms with Crippen molar-refractivity contribution in [3.63, 3.8) is 0 Å². The van der Waals surface area contributed by atoms with Gasteiger partial charge in [0.05, 0.1) is 12.7 Å². The molecule has 17 heavy (non-hydrogen) atoms. The van der Waals surface area contributed by atoms with E-state index in [0.717, 1.165) is 26.2 Å². The molecule has 0 aliphatic heterocycles. The van der Waals surface area contributed by atoms with Gasteiger partial charge in [0, 0.05) is 12.3 Å². The fraction of sp³-hybridized carbons (Fsp3) is 0.923. The maximum Gasteiger partial charge on any atom is 0.300 e. The van der Waals surface area contributed by atoms with Crippen LogP contribution in [0.15, 0.2) is 0 Å². The number of hydrogen-bond donors (Lipinski definition) is 3. The summed E-state index contributed by atoms with van der Waals surface area (Å²) < 4.78 is 0. The lowest BCUT2D eigenvalue weighted by Gasteiger charge is -2.37. The first kappa shape index (κ1) is 18.7. The average molecular weight is 248 g/mol. The molecule has 0 rings (SSSR count). The second-order valence-corrected chi connectivity index (χ2v) is 4.58. The molecule has 0 amide bonds. The summed E-state index contributed by atoms with van der Waals surface area (Å²) >= 11 is 0. The van der Waals surface area contributed by atoms with Crippen molar-refractivity contribution in [1.82, 2.24) is 0 Å². The van der Waals surface area contributed by atoms with Crippen LogP contribution < -0.4 is 0 Å². The Bertz CT molecular complexity index is 187. The molecule has 2 unspecified atom stereocenters. The van der Waals surface area contributed by atoms with Crippen LogP contribution in [0.25, 0.3) is 0 Å². The summed E-state index contributed by atoms with van der Waals surface area (Å²) in [5.74, 6) is -0.563. The van der Waals surface area contributed by atoms with Gasteiger partial charge in [-0.05, 0) is 18.8 Å². The van der Waals surface area contributed by atoms with Crippen LogP contribution in [-0.2, 0) is 4.79 Å². The van der Waals surface area contributed by atoms with Gasteiger partial charge in [0.15, 0.2) is 0 Å². The molecule has 0 bridgehead atoms. The third-order valence-electron chi connectivity index (χ3n) is 3.53. The standard InChI is InChI=1S/C11H24O2.C2H4O2/c1-5-9(4)10(13)11(6-2,7-3)8-12;1-2(3)4/h9-10,12-13H,5-8H2,1-4H3;1H3,(H,3,4). The van der Waals surface area contributed by atoms with Crippen molar-refractivity contribution in [3.8, 4) is 0 Å². The molecule has 0 aliphatic carbocycles. The van der Waals surface area contributed by atoms with Crippen LogP contribution in [0.2, 0.25) is 0 Å². The van der Waals surface area contributed by atoms with Crippen molar-refractivity contribution in [2.24, 2.45) is 11.3 Å². The van der Waals surface area contributed by atoms with Gasteiger partial charge in [-0.1, -0.05) is 34.1 Å². The topological polar surface area (TPSA) is 77.8 Å². The van der Waals surface area contributed by atoms with E-state index >= 15 is 0 Å². The monoisotopic (exact) mass is 248 g/mol. The number of aliphatic hydroxyl groups is 2. The number of carboxylic acids is 1. The Morgan fingerprint density at radius 2 is 1.59 bits per heavy atom. The Labute approximate surface area is 105 Å². The van der Waals surface area contributed by atoms with Crippen molar-refractivity contribution < 1.29 is 20.1 Å². The molecule has 0 spiro atoms. The van der Waals surface area contributed by atoms with Gasteiger partial charge >= 0.3 is 0 Å². The van der Waals surface area contributed by atoms with E-state index in [9.17, 15) is 10.2 Å². The predicted octanol–water partition coefficient (Wildman–Crippen LogP) is 2.28. The Balaban J connectivity index is 0. The zero-order valence-electron chi connectivity index (χ0n) is 11.7. The minimum atomic E-state index is -0.833. The highest BCUT2D eigenvalue weighted by Gasteiger charge is 2.36. The predicted molar refractivity (Wildman–Crippen MR) is 68.9 cm³/mol. The molecule has 4 heteroatoms. The van der Waals surface area contributed by atoms with Crippen LogP contribution >= 0.6 is 0 Å². The Kier molecular flexibility index (Phi) is 10.4. The molecule has 0 heterocycles. The quantitative estimate of drug-likeness (QED) is 0.674. The van der Waals surface area contributed by atoms with E-state index in [1.165, 1.54) is 0 Å². The third kappa shape index (κ3) is 6.64. The minimum Gasteiger partial charge on any atom is -0.481 e. The highest BCUT2D eigenvalue weighted by Crippen LogP contribution is 2.34. The van der Waals surface area contributed by atoms with Crippen molar-refractivity contribution in [2.45, 2.75) is 60.0 Å². The van der Waals surface area contributed by atoms with Crippen LogP contribution in [-0.4, -0.2) is 34.0 Å². The first-order valence-electron chi connectivity index (χ1n) is 6.29. The molecule has 0 radical (unpaired) electrons. The first-order valence-corrected chi connectivity index (χ1v) is 6.29. The molecule has 0 aliphatic rings. The zero-order chi connectivity index (χ0) is 14.1.